The van der Waals surface area contributed by atoms with Gasteiger partial charge in [0, 0.05) is 5.75 Å². The maximum atomic E-state index is 12.6. The first-order valence-corrected chi connectivity index (χ1v) is 9.21. The fourth-order valence-electron chi connectivity index (χ4n) is 2.02. The van der Waals surface area contributed by atoms with E-state index in [0.29, 0.717) is 0 Å². The molecule has 0 aromatic heterocycles. The van der Waals surface area contributed by atoms with E-state index in [9.17, 15) is 26.4 Å². The van der Waals surface area contributed by atoms with Gasteiger partial charge in [-0.05, 0) is 19.1 Å². The number of halogens is 3. The number of thioether (sulfide) groups is 1. The zero-order valence-electron chi connectivity index (χ0n) is 12.1. The smallest absolute Gasteiger partial charge is 0.346 e. The minimum Gasteiger partial charge on any atom is -0.346 e. The molecule has 0 spiro atoms. The molecule has 1 unspecified atom stereocenters. The Morgan fingerprint density at radius 2 is 1.96 bits per heavy atom. The van der Waals surface area contributed by atoms with E-state index in [4.69, 9.17) is 0 Å². The summed E-state index contributed by atoms with van der Waals surface area (Å²) in [6.45, 7) is 0.320. The molecule has 1 heterocycles. The summed E-state index contributed by atoms with van der Waals surface area (Å²) < 4.78 is 62.6. The third-order valence-electron chi connectivity index (χ3n) is 3.24. The number of hydrogen-bond acceptors (Lipinski definition) is 4. The Morgan fingerprint density at radius 1 is 1.35 bits per heavy atom. The van der Waals surface area contributed by atoms with Gasteiger partial charge in [0.1, 0.15) is 12.6 Å². The topological polar surface area (TPSA) is 66.5 Å². The van der Waals surface area contributed by atoms with Gasteiger partial charge in [0.25, 0.3) is 0 Å². The van der Waals surface area contributed by atoms with Crippen molar-refractivity contribution in [2.75, 3.05) is 18.2 Å². The van der Waals surface area contributed by atoms with Gasteiger partial charge in [-0.2, -0.15) is 17.5 Å². The molecule has 23 heavy (non-hydrogen) atoms. The Hall–Kier alpha value is -1.26. The molecule has 0 radical (unpaired) electrons. The average molecular weight is 368 g/mol. The Balaban J connectivity index is 2.17. The third-order valence-corrected chi connectivity index (χ3v) is 6.28. The van der Waals surface area contributed by atoms with Crippen LogP contribution in [0.3, 0.4) is 0 Å². The standard InChI is InChI=1S/C13H15F3N2O3S2/c1-9-2-4-10(5-3-9)23(20,21)18-8-22-6-11(18)12(19)17-7-13(14,15)16/h2-5,11H,6-8H2,1H3,(H,17,19). The quantitative estimate of drug-likeness (QED) is 0.879. The molecule has 1 atom stereocenters. The fraction of sp³-hybridized carbons (Fsp3) is 0.462. The number of alkyl halides is 3. The first kappa shape index (κ1) is 18.1. The maximum Gasteiger partial charge on any atom is 0.405 e. The molecular formula is C13H15F3N2O3S2. The second-order valence-electron chi connectivity index (χ2n) is 5.05. The van der Waals surface area contributed by atoms with E-state index in [0.717, 1.165) is 9.87 Å². The van der Waals surface area contributed by atoms with Crippen LogP contribution in [0.2, 0.25) is 0 Å². The largest absolute Gasteiger partial charge is 0.405 e. The number of carbonyl (C=O) groups is 1. The molecule has 1 fully saturated rings. The first-order valence-electron chi connectivity index (χ1n) is 6.62. The van der Waals surface area contributed by atoms with Crippen molar-refractivity contribution < 1.29 is 26.4 Å². The molecule has 1 aliphatic heterocycles. The zero-order chi connectivity index (χ0) is 17.3. The number of carbonyl (C=O) groups excluding carboxylic acids is 1. The van der Waals surface area contributed by atoms with Crippen LogP contribution in [-0.4, -0.2) is 49.0 Å². The van der Waals surface area contributed by atoms with Crippen LogP contribution in [0, 0.1) is 6.92 Å². The van der Waals surface area contributed by atoms with Gasteiger partial charge in [-0.25, -0.2) is 8.42 Å². The van der Waals surface area contributed by atoms with E-state index >= 15 is 0 Å². The van der Waals surface area contributed by atoms with Crippen molar-refractivity contribution in [1.29, 1.82) is 0 Å². The summed E-state index contributed by atoms with van der Waals surface area (Å²) in [5.41, 5.74) is 0.874. The van der Waals surface area contributed by atoms with Crippen LogP contribution in [-0.2, 0) is 14.8 Å². The Bertz CT molecular complexity index is 675. The van der Waals surface area contributed by atoms with Gasteiger partial charge < -0.3 is 5.32 Å². The second-order valence-corrected chi connectivity index (χ2v) is 7.94. The van der Waals surface area contributed by atoms with Gasteiger partial charge in [0.05, 0.1) is 10.8 Å². The van der Waals surface area contributed by atoms with Crippen molar-refractivity contribution in [2.24, 2.45) is 0 Å². The minimum atomic E-state index is -4.54. The molecular weight excluding hydrogens is 353 g/mol. The van der Waals surface area contributed by atoms with Crippen LogP contribution >= 0.6 is 11.8 Å². The van der Waals surface area contributed by atoms with Crippen LogP contribution in [0.1, 0.15) is 5.56 Å². The minimum absolute atomic E-state index is 0.0132. The molecule has 1 aromatic rings. The number of nitrogens with zero attached hydrogens (tertiary/aromatic N) is 1. The number of aryl methyl sites for hydroxylation is 1. The summed E-state index contributed by atoms with van der Waals surface area (Å²) in [5.74, 6) is -0.794. The average Bonchev–Trinajstić information content (AvgIpc) is 2.94. The highest BCUT2D eigenvalue weighted by Crippen LogP contribution is 2.28. The lowest BCUT2D eigenvalue weighted by Crippen LogP contribution is -2.49. The molecule has 1 amide bonds. The van der Waals surface area contributed by atoms with E-state index in [1.807, 2.05) is 0 Å². The Morgan fingerprint density at radius 3 is 2.52 bits per heavy atom. The van der Waals surface area contributed by atoms with E-state index in [-0.39, 0.29) is 16.5 Å². The van der Waals surface area contributed by atoms with Crippen molar-refractivity contribution in [1.82, 2.24) is 9.62 Å². The number of sulfonamides is 1. The monoisotopic (exact) mass is 368 g/mol. The number of nitrogens with one attached hydrogen (secondary N) is 1. The number of rotatable bonds is 4. The highest BCUT2D eigenvalue weighted by molar-refractivity contribution is 8.00. The highest BCUT2D eigenvalue weighted by Gasteiger charge is 2.41. The molecule has 1 N–H and O–H groups in total. The molecule has 5 nitrogen and oxygen atoms in total. The van der Waals surface area contributed by atoms with Gasteiger partial charge in [-0.3, -0.25) is 4.79 Å². The van der Waals surface area contributed by atoms with Gasteiger partial charge in [-0.1, -0.05) is 17.7 Å². The predicted octanol–water partition coefficient (Wildman–Crippen LogP) is 1.74. The van der Waals surface area contributed by atoms with Gasteiger partial charge in [-0.15, -0.1) is 11.8 Å². The molecule has 1 aromatic carbocycles. The van der Waals surface area contributed by atoms with Crippen molar-refractivity contribution in [3.05, 3.63) is 29.8 Å². The van der Waals surface area contributed by atoms with E-state index in [1.165, 1.54) is 23.9 Å². The third kappa shape index (κ3) is 4.39. The Labute approximate surface area is 136 Å². The molecule has 128 valence electrons. The van der Waals surface area contributed by atoms with Crippen LogP contribution in [0.25, 0.3) is 0 Å². The molecule has 1 aliphatic rings. The van der Waals surface area contributed by atoms with Crippen molar-refractivity contribution in [2.45, 2.75) is 24.0 Å². The lowest BCUT2D eigenvalue weighted by Gasteiger charge is -2.22. The van der Waals surface area contributed by atoms with E-state index < -0.39 is 34.7 Å². The lowest BCUT2D eigenvalue weighted by atomic mass is 10.2. The summed E-state index contributed by atoms with van der Waals surface area (Å²) in [7, 11) is -3.93. The van der Waals surface area contributed by atoms with Crippen LogP contribution < -0.4 is 5.32 Å². The first-order chi connectivity index (χ1) is 10.6. The van der Waals surface area contributed by atoms with Crippen molar-refractivity contribution >= 4 is 27.7 Å². The summed E-state index contributed by atoms with van der Waals surface area (Å²) in [4.78, 5) is 11.9. The van der Waals surface area contributed by atoms with Crippen molar-refractivity contribution in [3.8, 4) is 0 Å². The molecule has 1 saturated heterocycles. The maximum absolute atomic E-state index is 12.6. The van der Waals surface area contributed by atoms with Gasteiger partial charge >= 0.3 is 6.18 Å². The number of benzene rings is 1. The second kappa shape index (κ2) is 6.70. The van der Waals surface area contributed by atoms with Crippen molar-refractivity contribution in [3.63, 3.8) is 0 Å². The van der Waals surface area contributed by atoms with Crippen LogP contribution in [0.5, 0.6) is 0 Å². The predicted molar refractivity (Wildman–Crippen MR) is 80.4 cm³/mol. The lowest BCUT2D eigenvalue weighted by molar-refractivity contribution is -0.140. The fourth-order valence-corrected chi connectivity index (χ4v) is 5.17. The van der Waals surface area contributed by atoms with Gasteiger partial charge in [0.2, 0.25) is 15.9 Å². The summed E-state index contributed by atoms with van der Waals surface area (Å²) in [5, 5.41) is 1.74. The molecule has 0 bridgehead atoms. The normalized spacial score (nSPS) is 19.7. The Kier molecular flexibility index (Phi) is 5.27. The summed E-state index contributed by atoms with van der Waals surface area (Å²) in [6.07, 6.45) is -4.54. The van der Waals surface area contributed by atoms with E-state index in [2.05, 4.69) is 0 Å². The summed E-state index contributed by atoms with van der Waals surface area (Å²) in [6, 6.07) is 4.92. The van der Waals surface area contributed by atoms with E-state index in [1.54, 1.807) is 24.4 Å². The molecule has 0 aliphatic carbocycles. The molecule has 2 rings (SSSR count). The molecule has 10 heteroatoms. The SMILES string of the molecule is Cc1ccc(S(=O)(=O)N2CSCC2C(=O)NCC(F)(F)F)cc1. The van der Waals surface area contributed by atoms with Crippen LogP contribution in [0.4, 0.5) is 13.2 Å². The van der Waals surface area contributed by atoms with Gasteiger partial charge in [0.15, 0.2) is 0 Å². The number of hydrogen-bond donors (Lipinski definition) is 1. The number of amides is 1. The zero-order valence-corrected chi connectivity index (χ0v) is 13.8. The van der Waals surface area contributed by atoms with Crippen LogP contribution in [0.15, 0.2) is 29.2 Å². The highest BCUT2D eigenvalue weighted by atomic mass is 32.2. The summed E-state index contributed by atoms with van der Waals surface area (Å²) >= 11 is 1.18. The molecule has 0 saturated carbocycles.